The Hall–Kier alpha value is -3.76. The van der Waals surface area contributed by atoms with Crippen molar-refractivity contribution in [1.29, 1.82) is 0 Å². The zero-order valence-corrected chi connectivity index (χ0v) is 18.2. The summed E-state index contributed by atoms with van der Waals surface area (Å²) in [6.45, 7) is 0. The second-order valence-electron chi connectivity index (χ2n) is 7.15. The van der Waals surface area contributed by atoms with Gasteiger partial charge in [0, 0.05) is 22.5 Å². The lowest BCUT2D eigenvalue weighted by Crippen LogP contribution is -2.10. The van der Waals surface area contributed by atoms with E-state index >= 15 is 0 Å². The van der Waals surface area contributed by atoms with Gasteiger partial charge < -0.3 is 5.32 Å². The number of fused-ring (bicyclic) bond motifs is 2. The van der Waals surface area contributed by atoms with E-state index in [4.69, 9.17) is 11.6 Å². The van der Waals surface area contributed by atoms with Crippen LogP contribution in [0.2, 0.25) is 5.15 Å². The summed E-state index contributed by atoms with van der Waals surface area (Å²) in [7, 11) is -3.50. The summed E-state index contributed by atoms with van der Waals surface area (Å²) in [6, 6.07) is 13.1. The summed E-state index contributed by atoms with van der Waals surface area (Å²) in [4.78, 5) is 12.9. The lowest BCUT2D eigenvalue weighted by molar-refractivity contribution is 0.607. The lowest BCUT2D eigenvalue weighted by Gasteiger charge is -2.12. The third-order valence-corrected chi connectivity index (χ3v) is 5.73. The van der Waals surface area contributed by atoms with Gasteiger partial charge in [-0.05, 0) is 35.9 Å². The number of hydrogen-bond acceptors (Lipinski definition) is 7. The summed E-state index contributed by atoms with van der Waals surface area (Å²) in [5.74, 6) is 0.627. The van der Waals surface area contributed by atoms with E-state index < -0.39 is 10.0 Å². The second-order valence-corrected chi connectivity index (χ2v) is 9.26. The van der Waals surface area contributed by atoms with Crippen molar-refractivity contribution in [2.24, 2.45) is 0 Å². The van der Waals surface area contributed by atoms with Crippen molar-refractivity contribution < 1.29 is 8.42 Å². The van der Waals surface area contributed by atoms with Crippen molar-refractivity contribution >= 4 is 60.6 Å². The Bertz CT molecular complexity index is 1580. The highest BCUT2D eigenvalue weighted by atomic mass is 35.5. The Labute approximate surface area is 187 Å². The average molecular weight is 466 g/mol. The normalized spacial score (nSPS) is 11.7. The van der Waals surface area contributed by atoms with Gasteiger partial charge in [0.15, 0.2) is 5.15 Å². The summed E-state index contributed by atoms with van der Waals surface area (Å²) >= 11 is 6.06. The Balaban J connectivity index is 1.59. The van der Waals surface area contributed by atoms with Crippen molar-refractivity contribution in [2.45, 2.75) is 0 Å². The van der Waals surface area contributed by atoms with E-state index in [1.807, 2.05) is 36.4 Å². The molecule has 0 bridgehead atoms. The molecule has 0 saturated carbocycles. The maximum absolute atomic E-state index is 11.6. The number of hydrogen-bond donors (Lipinski definition) is 3. The molecule has 0 aliphatic carbocycles. The molecule has 0 atom stereocenters. The van der Waals surface area contributed by atoms with Gasteiger partial charge in [-0.3, -0.25) is 9.82 Å². The minimum Gasteiger partial charge on any atom is -0.339 e. The fourth-order valence-corrected chi connectivity index (χ4v) is 4.18. The molecule has 2 aromatic carbocycles. The number of nitrogens with zero attached hydrogens (tertiary/aromatic N) is 4. The van der Waals surface area contributed by atoms with Crippen LogP contribution in [0.3, 0.4) is 0 Å². The van der Waals surface area contributed by atoms with Crippen LogP contribution in [0.25, 0.3) is 32.9 Å². The molecule has 0 radical (unpaired) electrons. The third-order valence-electron chi connectivity index (χ3n) is 4.84. The molecule has 0 unspecified atom stereocenters. The van der Waals surface area contributed by atoms with Gasteiger partial charge in [-0.1, -0.05) is 23.7 Å². The number of benzene rings is 2. The van der Waals surface area contributed by atoms with Crippen LogP contribution in [0.4, 0.5) is 17.2 Å². The first-order valence-corrected chi connectivity index (χ1v) is 11.7. The van der Waals surface area contributed by atoms with Crippen LogP contribution < -0.4 is 10.0 Å². The maximum atomic E-state index is 11.6. The molecule has 0 aliphatic heterocycles. The minimum atomic E-state index is -3.50. The Morgan fingerprint density at radius 3 is 2.66 bits per heavy atom. The number of rotatable bonds is 5. The first-order chi connectivity index (χ1) is 15.4. The summed E-state index contributed by atoms with van der Waals surface area (Å²) in [5.41, 5.74) is 4.22. The molecule has 5 rings (SSSR count). The molecule has 0 fully saturated rings. The zero-order valence-electron chi connectivity index (χ0n) is 16.7. The van der Waals surface area contributed by atoms with Gasteiger partial charge in [-0.2, -0.15) is 5.10 Å². The van der Waals surface area contributed by atoms with Crippen LogP contribution in [-0.4, -0.2) is 39.8 Å². The Morgan fingerprint density at radius 2 is 1.81 bits per heavy atom. The van der Waals surface area contributed by atoms with Crippen LogP contribution in [0.1, 0.15) is 0 Å². The smallest absolute Gasteiger partial charge is 0.229 e. The molecule has 11 heteroatoms. The van der Waals surface area contributed by atoms with E-state index in [2.05, 4.69) is 35.2 Å². The first kappa shape index (κ1) is 20.2. The van der Waals surface area contributed by atoms with Crippen LogP contribution in [0.5, 0.6) is 0 Å². The molecule has 3 aromatic heterocycles. The van der Waals surface area contributed by atoms with E-state index in [0.717, 1.165) is 39.3 Å². The molecule has 5 aromatic rings. The van der Waals surface area contributed by atoms with E-state index in [1.165, 1.54) is 6.33 Å². The van der Waals surface area contributed by atoms with Crippen molar-refractivity contribution in [2.75, 3.05) is 16.3 Å². The largest absolute Gasteiger partial charge is 0.339 e. The second kappa shape index (κ2) is 7.74. The Kier molecular flexibility index (Phi) is 4.87. The predicted molar refractivity (Wildman–Crippen MR) is 126 cm³/mol. The average Bonchev–Trinajstić information content (AvgIpc) is 3.24. The number of pyridine rings is 1. The van der Waals surface area contributed by atoms with Gasteiger partial charge in [0.05, 0.1) is 34.9 Å². The number of nitrogens with one attached hydrogen (secondary N) is 3. The molecular weight excluding hydrogens is 450 g/mol. The molecule has 160 valence electrons. The van der Waals surface area contributed by atoms with Crippen molar-refractivity contribution in [3.63, 3.8) is 0 Å². The molecule has 0 saturated heterocycles. The summed E-state index contributed by atoms with van der Waals surface area (Å²) < 4.78 is 25.7. The monoisotopic (exact) mass is 465 g/mol. The molecule has 9 nitrogen and oxygen atoms in total. The summed E-state index contributed by atoms with van der Waals surface area (Å²) in [6.07, 6.45) is 5.89. The van der Waals surface area contributed by atoms with Crippen LogP contribution in [0, 0.1) is 0 Å². The SMILES string of the molecule is CS(=O)(=O)Nc1cc(-c2ccc3ncnc(Nc4cccc5[nH]ncc45)c3c2)cnc1Cl. The Morgan fingerprint density at radius 1 is 0.938 bits per heavy atom. The van der Waals surface area contributed by atoms with Crippen molar-refractivity contribution in [3.8, 4) is 11.1 Å². The molecule has 32 heavy (non-hydrogen) atoms. The number of aromatic nitrogens is 5. The molecular formula is C21H16ClN7O2S. The van der Waals surface area contributed by atoms with E-state index in [-0.39, 0.29) is 10.8 Å². The van der Waals surface area contributed by atoms with Crippen LogP contribution >= 0.6 is 11.6 Å². The highest BCUT2D eigenvalue weighted by Crippen LogP contribution is 2.32. The van der Waals surface area contributed by atoms with Crippen molar-refractivity contribution in [3.05, 3.63) is 66.3 Å². The molecule has 0 aliphatic rings. The van der Waals surface area contributed by atoms with Gasteiger partial charge in [0.25, 0.3) is 0 Å². The number of halogens is 1. The van der Waals surface area contributed by atoms with E-state index in [9.17, 15) is 8.42 Å². The van der Waals surface area contributed by atoms with Gasteiger partial charge in [-0.25, -0.2) is 23.4 Å². The van der Waals surface area contributed by atoms with E-state index in [1.54, 1.807) is 18.5 Å². The minimum absolute atomic E-state index is 0.0684. The molecule has 0 amide bonds. The first-order valence-electron chi connectivity index (χ1n) is 9.45. The number of H-pyrrole nitrogens is 1. The maximum Gasteiger partial charge on any atom is 0.229 e. The highest BCUT2D eigenvalue weighted by molar-refractivity contribution is 7.92. The highest BCUT2D eigenvalue weighted by Gasteiger charge is 2.12. The quantitative estimate of drug-likeness (QED) is 0.329. The number of sulfonamides is 1. The third kappa shape index (κ3) is 3.93. The fourth-order valence-electron chi connectivity index (χ4n) is 3.42. The molecule has 3 N–H and O–H groups in total. The molecule has 0 spiro atoms. The van der Waals surface area contributed by atoms with Gasteiger partial charge in [0.1, 0.15) is 12.1 Å². The standard InChI is InChI=1S/C21H16ClN7O2S/c1-32(30,31)29-19-8-13(9-23-20(19)22)12-5-6-16-14(7-12)21(25-11-24-16)27-17-3-2-4-18-15(17)10-26-28-18/h2-11,29H,1H3,(H,26,28)(H,24,25,27). The van der Waals surface area contributed by atoms with Gasteiger partial charge in [-0.15, -0.1) is 0 Å². The van der Waals surface area contributed by atoms with Crippen LogP contribution in [-0.2, 0) is 10.0 Å². The number of anilines is 3. The topological polar surface area (TPSA) is 126 Å². The summed E-state index contributed by atoms with van der Waals surface area (Å²) in [5, 5.41) is 12.2. The van der Waals surface area contributed by atoms with Crippen LogP contribution in [0.15, 0.2) is 61.2 Å². The predicted octanol–water partition coefficient (Wildman–Crippen LogP) is 4.34. The fraction of sp³-hybridized carbons (Fsp3) is 0.0476. The number of aromatic amines is 1. The van der Waals surface area contributed by atoms with Crippen molar-refractivity contribution in [1.82, 2.24) is 25.1 Å². The lowest BCUT2D eigenvalue weighted by atomic mass is 10.0. The zero-order chi connectivity index (χ0) is 22.3. The van der Waals surface area contributed by atoms with Gasteiger partial charge in [0.2, 0.25) is 10.0 Å². The van der Waals surface area contributed by atoms with Gasteiger partial charge >= 0.3 is 0 Å². The van der Waals surface area contributed by atoms with E-state index in [0.29, 0.717) is 11.4 Å². The molecule has 3 heterocycles.